The topological polar surface area (TPSA) is 75.3 Å². The number of anilines is 2. The zero-order valence-corrected chi connectivity index (χ0v) is 12.6. The number of amides is 1. The van der Waals surface area contributed by atoms with Crippen molar-refractivity contribution in [1.29, 1.82) is 0 Å². The van der Waals surface area contributed by atoms with Gasteiger partial charge >= 0.3 is 0 Å². The van der Waals surface area contributed by atoms with Gasteiger partial charge in [0.05, 0.1) is 16.9 Å². The summed E-state index contributed by atoms with van der Waals surface area (Å²) in [5, 5.41) is 12.4. The van der Waals surface area contributed by atoms with E-state index >= 15 is 0 Å². The predicted molar refractivity (Wildman–Crippen MR) is 87.9 cm³/mol. The second-order valence-electron chi connectivity index (χ2n) is 4.57. The Morgan fingerprint density at radius 1 is 1.29 bits per heavy atom. The molecular weight excluding hydrogens is 284 g/mol. The van der Waals surface area contributed by atoms with E-state index < -0.39 is 0 Å². The summed E-state index contributed by atoms with van der Waals surface area (Å²) in [6.07, 6.45) is 1.08. The van der Waals surface area contributed by atoms with E-state index in [1.807, 2.05) is 12.1 Å². The smallest absolute Gasteiger partial charge is 0.259 e. The summed E-state index contributed by atoms with van der Waals surface area (Å²) in [4.78, 5) is 13.2. The van der Waals surface area contributed by atoms with Gasteiger partial charge in [-0.15, -0.1) is 11.8 Å². The molecule has 0 spiro atoms. The maximum Gasteiger partial charge on any atom is 0.259 e. The Labute approximate surface area is 128 Å². The standard InChI is InChI=1S/C16H18N2O2S/c1-2-9-21-11-7-8-13(17)14(10-11)18-16(20)12-5-3-4-6-15(12)19/h3-8,10,19H,2,9,17H2,1H3,(H,18,20). The number of carbonyl (C=O) groups excluding carboxylic acids is 1. The number of nitrogens with one attached hydrogen (secondary N) is 1. The van der Waals surface area contributed by atoms with Gasteiger partial charge in [0, 0.05) is 4.90 Å². The van der Waals surface area contributed by atoms with E-state index in [2.05, 4.69) is 12.2 Å². The Hall–Kier alpha value is -2.14. The number of para-hydroxylation sites is 1. The SMILES string of the molecule is CCCSc1ccc(N)c(NC(=O)c2ccccc2O)c1. The van der Waals surface area contributed by atoms with Gasteiger partial charge in [-0.25, -0.2) is 0 Å². The van der Waals surface area contributed by atoms with Crippen LogP contribution >= 0.6 is 11.8 Å². The highest BCUT2D eigenvalue weighted by molar-refractivity contribution is 7.99. The quantitative estimate of drug-likeness (QED) is 0.581. The first kappa shape index (κ1) is 15.3. The van der Waals surface area contributed by atoms with Gasteiger partial charge in [-0.3, -0.25) is 4.79 Å². The second-order valence-corrected chi connectivity index (χ2v) is 5.74. The maximum absolute atomic E-state index is 12.2. The van der Waals surface area contributed by atoms with Crippen molar-refractivity contribution in [3.63, 3.8) is 0 Å². The minimum Gasteiger partial charge on any atom is -0.507 e. The van der Waals surface area contributed by atoms with Crippen LogP contribution < -0.4 is 11.1 Å². The van der Waals surface area contributed by atoms with Crippen LogP contribution in [0.2, 0.25) is 0 Å². The van der Waals surface area contributed by atoms with Crippen molar-refractivity contribution in [2.45, 2.75) is 18.2 Å². The lowest BCUT2D eigenvalue weighted by Gasteiger charge is -2.11. The molecule has 1 amide bonds. The van der Waals surface area contributed by atoms with Crippen LogP contribution in [0.4, 0.5) is 11.4 Å². The Bertz CT molecular complexity index is 644. The molecule has 0 saturated heterocycles. The molecule has 21 heavy (non-hydrogen) atoms. The Balaban J connectivity index is 2.19. The third-order valence-electron chi connectivity index (χ3n) is 2.89. The monoisotopic (exact) mass is 302 g/mol. The van der Waals surface area contributed by atoms with E-state index in [4.69, 9.17) is 5.73 Å². The number of phenolic OH excluding ortho intramolecular Hbond substituents is 1. The molecule has 0 heterocycles. The van der Waals surface area contributed by atoms with Crippen molar-refractivity contribution in [3.8, 4) is 5.75 Å². The summed E-state index contributed by atoms with van der Waals surface area (Å²) in [7, 11) is 0. The van der Waals surface area contributed by atoms with E-state index in [-0.39, 0.29) is 17.2 Å². The molecule has 2 rings (SSSR count). The predicted octanol–water partition coefficient (Wildman–Crippen LogP) is 3.73. The van der Waals surface area contributed by atoms with Crippen molar-refractivity contribution in [1.82, 2.24) is 0 Å². The van der Waals surface area contributed by atoms with E-state index in [0.29, 0.717) is 11.4 Å². The van der Waals surface area contributed by atoms with Crippen LogP contribution in [0.3, 0.4) is 0 Å². The van der Waals surface area contributed by atoms with Gasteiger partial charge in [-0.05, 0) is 42.5 Å². The number of aromatic hydroxyl groups is 1. The van der Waals surface area contributed by atoms with Gasteiger partial charge in [0.15, 0.2) is 0 Å². The summed E-state index contributed by atoms with van der Waals surface area (Å²) in [5.74, 6) is 0.582. The lowest BCUT2D eigenvalue weighted by atomic mass is 10.2. The van der Waals surface area contributed by atoms with Crippen molar-refractivity contribution in [3.05, 3.63) is 48.0 Å². The van der Waals surface area contributed by atoms with E-state index in [1.54, 1.807) is 36.0 Å². The van der Waals surface area contributed by atoms with Crippen molar-refractivity contribution < 1.29 is 9.90 Å². The first-order valence-corrected chi connectivity index (χ1v) is 7.72. The van der Waals surface area contributed by atoms with Gasteiger partial charge in [0.1, 0.15) is 5.75 Å². The number of nitrogen functional groups attached to an aromatic ring is 1. The number of hydrogen-bond donors (Lipinski definition) is 3. The van der Waals surface area contributed by atoms with Crippen molar-refractivity contribution in [2.24, 2.45) is 0 Å². The zero-order valence-electron chi connectivity index (χ0n) is 11.8. The molecule has 4 N–H and O–H groups in total. The van der Waals surface area contributed by atoms with Crippen LogP contribution in [0.15, 0.2) is 47.4 Å². The highest BCUT2D eigenvalue weighted by atomic mass is 32.2. The average molecular weight is 302 g/mol. The molecule has 0 aliphatic heterocycles. The third-order valence-corrected chi connectivity index (χ3v) is 4.09. The lowest BCUT2D eigenvalue weighted by molar-refractivity contribution is 0.102. The van der Waals surface area contributed by atoms with Crippen LogP contribution in [0.25, 0.3) is 0 Å². The molecule has 0 aliphatic rings. The number of benzene rings is 2. The van der Waals surface area contributed by atoms with Crippen LogP contribution in [0.5, 0.6) is 5.75 Å². The lowest BCUT2D eigenvalue weighted by Crippen LogP contribution is -2.13. The molecule has 0 radical (unpaired) electrons. The first-order valence-electron chi connectivity index (χ1n) is 6.73. The summed E-state index contributed by atoms with van der Waals surface area (Å²) < 4.78 is 0. The second kappa shape index (κ2) is 7.04. The molecule has 110 valence electrons. The molecule has 0 fully saturated rings. The molecule has 0 atom stereocenters. The summed E-state index contributed by atoms with van der Waals surface area (Å²) in [6, 6.07) is 12.0. The summed E-state index contributed by atoms with van der Waals surface area (Å²) in [5.41, 5.74) is 7.18. The number of phenols is 1. The maximum atomic E-state index is 12.2. The number of nitrogens with two attached hydrogens (primary N) is 1. The molecule has 2 aromatic rings. The highest BCUT2D eigenvalue weighted by Crippen LogP contribution is 2.28. The number of hydrogen-bond acceptors (Lipinski definition) is 4. The van der Waals surface area contributed by atoms with Gasteiger partial charge in [-0.2, -0.15) is 0 Å². The Kier molecular flexibility index (Phi) is 5.11. The Morgan fingerprint density at radius 3 is 2.76 bits per heavy atom. The van der Waals surface area contributed by atoms with E-state index in [1.165, 1.54) is 6.07 Å². The van der Waals surface area contributed by atoms with E-state index in [0.717, 1.165) is 17.1 Å². The first-order chi connectivity index (χ1) is 10.1. The number of thioether (sulfide) groups is 1. The van der Waals surface area contributed by atoms with Crippen LogP contribution in [0.1, 0.15) is 23.7 Å². The van der Waals surface area contributed by atoms with Crippen LogP contribution in [-0.4, -0.2) is 16.8 Å². The van der Waals surface area contributed by atoms with Crippen LogP contribution in [-0.2, 0) is 0 Å². The van der Waals surface area contributed by atoms with Gasteiger partial charge in [0.2, 0.25) is 0 Å². The van der Waals surface area contributed by atoms with Gasteiger partial charge in [-0.1, -0.05) is 19.1 Å². The summed E-state index contributed by atoms with van der Waals surface area (Å²) >= 11 is 1.71. The molecule has 0 aliphatic carbocycles. The minimum atomic E-state index is -0.377. The minimum absolute atomic E-state index is 0.0508. The van der Waals surface area contributed by atoms with Crippen molar-refractivity contribution in [2.75, 3.05) is 16.8 Å². The van der Waals surface area contributed by atoms with E-state index in [9.17, 15) is 9.90 Å². The fourth-order valence-corrected chi connectivity index (χ4v) is 2.61. The largest absolute Gasteiger partial charge is 0.507 e. The average Bonchev–Trinajstić information content (AvgIpc) is 2.48. The fraction of sp³-hybridized carbons (Fsp3) is 0.188. The molecule has 2 aromatic carbocycles. The van der Waals surface area contributed by atoms with Gasteiger partial charge < -0.3 is 16.2 Å². The molecule has 0 unspecified atom stereocenters. The van der Waals surface area contributed by atoms with Gasteiger partial charge in [0.25, 0.3) is 5.91 Å². The third kappa shape index (κ3) is 3.92. The normalized spacial score (nSPS) is 10.3. The van der Waals surface area contributed by atoms with Crippen molar-refractivity contribution >= 4 is 29.0 Å². The molecular formula is C16H18N2O2S. The summed E-state index contributed by atoms with van der Waals surface area (Å²) in [6.45, 7) is 2.12. The molecule has 5 heteroatoms. The highest BCUT2D eigenvalue weighted by Gasteiger charge is 2.12. The van der Waals surface area contributed by atoms with Crippen LogP contribution in [0, 0.1) is 0 Å². The zero-order chi connectivity index (χ0) is 15.2. The molecule has 4 nitrogen and oxygen atoms in total. The fourth-order valence-electron chi connectivity index (χ4n) is 1.81. The number of rotatable bonds is 5. The Morgan fingerprint density at radius 2 is 2.05 bits per heavy atom. The molecule has 0 saturated carbocycles. The molecule has 0 bridgehead atoms. The number of carbonyl (C=O) groups is 1. The molecule has 0 aromatic heterocycles.